The Bertz CT molecular complexity index is 1820. The first-order valence-electron chi connectivity index (χ1n) is 12.9. The van der Waals surface area contributed by atoms with E-state index in [-0.39, 0.29) is 19.5 Å². The maximum atomic E-state index is 5.70. The van der Waals surface area contributed by atoms with Crippen molar-refractivity contribution >= 4 is 69.9 Å². The molecule has 2 heterocycles. The van der Waals surface area contributed by atoms with E-state index in [1.165, 1.54) is 0 Å². The van der Waals surface area contributed by atoms with Gasteiger partial charge in [0.1, 0.15) is 0 Å². The molecule has 0 atom stereocenters. The van der Waals surface area contributed by atoms with Crippen LogP contribution in [0.1, 0.15) is 25.0 Å². The molecule has 0 saturated heterocycles. The summed E-state index contributed by atoms with van der Waals surface area (Å²) >= 11 is 11.4. The number of hydrogen-bond acceptors (Lipinski definition) is 6. The minimum absolute atomic E-state index is 0. The summed E-state index contributed by atoms with van der Waals surface area (Å²) in [5.41, 5.74) is 8.73. The SMILES string of the molecule is CC(=Nc1ccccc1-c1ccccc1N=C(C)c1c([S-])ccc2cccnc12)c1c([S-])ccc2cccnc12.[Zn+2]. The van der Waals surface area contributed by atoms with Crippen LogP contribution in [-0.4, -0.2) is 21.4 Å². The number of pyridine rings is 2. The average molecular weight is 618 g/mol. The number of nitrogens with zero attached hydrogens (tertiary/aromatic N) is 4. The van der Waals surface area contributed by atoms with Crippen molar-refractivity contribution in [3.63, 3.8) is 0 Å². The Kier molecular flexibility index (Phi) is 8.60. The number of fused-ring (bicyclic) bond motifs is 2. The van der Waals surface area contributed by atoms with E-state index < -0.39 is 0 Å². The fourth-order valence-corrected chi connectivity index (χ4v) is 5.65. The number of aromatic nitrogens is 2. The Morgan fingerprint density at radius 2 is 0.951 bits per heavy atom. The van der Waals surface area contributed by atoms with Crippen LogP contribution < -0.4 is 0 Å². The smallest absolute Gasteiger partial charge is 0.779 e. The molecule has 0 saturated carbocycles. The third-order valence-electron chi connectivity index (χ3n) is 6.87. The van der Waals surface area contributed by atoms with E-state index in [0.29, 0.717) is 0 Å². The Balaban J connectivity index is 0.00000337. The first-order chi connectivity index (χ1) is 19.5. The van der Waals surface area contributed by atoms with Crippen molar-refractivity contribution in [1.82, 2.24) is 9.97 Å². The molecular formula is C34H24N4S2Zn. The fourth-order valence-electron chi connectivity index (χ4n) is 5.02. The van der Waals surface area contributed by atoms with Crippen LogP contribution in [0.3, 0.4) is 0 Å². The molecule has 0 spiro atoms. The molecule has 0 aliphatic carbocycles. The van der Waals surface area contributed by atoms with E-state index >= 15 is 0 Å². The summed E-state index contributed by atoms with van der Waals surface area (Å²) in [4.78, 5) is 20.9. The minimum atomic E-state index is 0. The molecule has 0 unspecified atom stereocenters. The molecule has 7 heteroatoms. The molecule has 4 aromatic carbocycles. The van der Waals surface area contributed by atoms with Gasteiger partial charge in [0.2, 0.25) is 0 Å². The molecule has 194 valence electrons. The zero-order valence-corrected chi connectivity index (χ0v) is 27.3. The van der Waals surface area contributed by atoms with Gasteiger partial charge in [-0.05, 0) is 38.1 Å². The van der Waals surface area contributed by atoms with Gasteiger partial charge in [-0.3, -0.25) is 20.0 Å². The van der Waals surface area contributed by atoms with Gasteiger partial charge in [0.15, 0.2) is 0 Å². The second-order valence-corrected chi connectivity index (χ2v) is 10.3. The Hall–Kier alpha value is -3.90. The summed E-state index contributed by atoms with van der Waals surface area (Å²) in [6.45, 7) is 3.98. The maximum absolute atomic E-state index is 5.70. The van der Waals surface area contributed by atoms with E-state index in [1.807, 2.05) is 98.8 Å². The molecule has 0 N–H and O–H groups in total. The average Bonchev–Trinajstić information content (AvgIpc) is 2.97. The fraction of sp³-hybridized carbons (Fsp3) is 0.0588. The Labute approximate surface area is 263 Å². The number of aliphatic imine (C=N–C) groups is 2. The van der Waals surface area contributed by atoms with Gasteiger partial charge in [-0.25, -0.2) is 0 Å². The van der Waals surface area contributed by atoms with Gasteiger partial charge in [0, 0.05) is 56.8 Å². The predicted molar refractivity (Wildman–Crippen MR) is 170 cm³/mol. The van der Waals surface area contributed by atoms with Crippen LogP contribution in [0.15, 0.2) is 129 Å². The molecule has 6 aromatic rings. The van der Waals surface area contributed by atoms with Crippen LogP contribution in [0.4, 0.5) is 11.4 Å². The van der Waals surface area contributed by atoms with E-state index in [4.69, 9.17) is 35.2 Å². The van der Waals surface area contributed by atoms with Gasteiger partial charge in [-0.1, -0.05) is 72.8 Å². The number of rotatable bonds is 5. The van der Waals surface area contributed by atoms with Gasteiger partial charge in [-0.15, -0.1) is 0 Å². The maximum Gasteiger partial charge on any atom is 2.00 e. The van der Waals surface area contributed by atoms with Crippen molar-refractivity contribution in [3.05, 3.63) is 121 Å². The van der Waals surface area contributed by atoms with Crippen molar-refractivity contribution in [2.45, 2.75) is 23.6 Å². The topological polar surface area (TPSA) is 50.5 Å². The van der Waals surface area contributed by atoms with Crippen molar-refractivity contribution in [2.24, 2.45) is 9.98 Å². The summed E-state index contributed by atoms with van der Waals surface area (Å²) in [6.07, 6.45) is 3.58. The Morgan fingerprint density at radius 3 is 1.39 bits per heavy atom. The third-order valence-corrected chi connectivity index (χ3v) is 7.55. The van der Waals surface area contributed by atoms with Gasteiger partial charge in [0.25, 0.3) is 0 Å². The number of benzene rings is 4. The predicted octanol–water partition coefficient (Wildman–Crippen LogP) is 8.54. The first-order valence-corrected chi connectivity index (χ1v) is 13.7. The molecule has 0 aliphatic heterocycles. The molecule has 0 aliphatic rings. The van der Waals surface area contributed by atoms with Gasteiger partial charge >= 0.3 is 19.5 Å². The Morgan fingerprint density at radius 1 is 0.537 bits per heavy atom. The van der Waals surface area contributed by atoms with Gasteiger partial charge < -0.3 is 25.3 Å². The zero-order chi connectivity index (χ0) is 27.6. The number of para-hydroxylation sites is 2. The molecule has 41 heavy (non-hydrogen) atoms. The van der Waals surface area contributed by atoms with Crippen LogP contribution in [-0.2, 0) is 44.7 Å². The molecule has 0 amide bonds. The molecule has 0 radical (unpaired) electrons. The second kappa shape index (κ2) is 12.3. The summed E-state index contributed by atoms with van der Waals surface area (Å²) in [7, 11) is 0. The summed E-state index contributed by atoms with van der Waals surface area (Å²) in [6, 6.07) is 32.1. The largest absolute Gasteiger partial charge is 2.00 e. The zero-order valence-electron chi connectivity index (χ0n) is 22.7. The van der Waals surface area contributed by atoms with E-state index in [9.17, 15) is 0 Å². The molecule has 6 rings (SSSR count). The van der Waals surface area contributed by atoms with Crippen molar-refractivity contribution in [2.75, 3.05) is 0 Å². The molecular weight excluding hydrogens is 594 g/mol. The van der Waals surface area contributed by atoms with Crippen LogP contribution in [0.5, 0.6) is 0 Å². The van der Waals surface area contributed by atoms with Crippen LogP contribution >= 0.6 is 0 Å². The molecule has 4 nitrogen and oxygen atoms in total. The summed E-state index contributed by atoms with van der Waals surface area (Å²) in [5, 5.41) is 2.07. The van der Waals surface area contributed by atoms with Crippen molar-refractivity contribution in [1.29, 1.82) is 0 Å². The van der Waals surface area contributed by atoms with Crippen LogP contribution in [0, 0.1) is 0 Å². The van der Waals surface area contributed by atoms with Crippen LogP contribution in [0.25, 0.3) is 32.9 Å². The van der Waals surface area contributed by atoms with Crippen molar-refractivity contribution < 1.29 is 19.5 Å². The monoisotopic (exact) mass is 616 g/mol. The number of hydrogen-bond donors (Lipinski definition) is 0. The van der Waals surface area contributed by atoms with E-state index in [2.05, 4.69) is 22.1 Å². The quantitative estimate of drug-likeness (QED) is 0.110. The minimum Gasteiger partial charge on any atom is -0.779 e. The van der Waals surface area contributed by atoms with Gasteiger partial charge in [0.05, 0.1) is 22.4 Å². The third kappa shape index (κ3) is 5.66. The van der Waals surface area contributed by atoms with Gasteiger partial charge in [-0.2, -0.15) is 9.79 Å². The van der Waals surface area contributed by atoms with E-state index in [1.54, 1.807) is 12.4 Å². The summed E-state index contributed by atoms with van der Waals surface area (Å²) in [5.74, 6) is 0. The van der Waals surface area contributed by atoms with Crippen molar-refractivity contribution in [3.8, 4) is 11.1 Å². The molecule has 0 bridgehead atoms. The first kappa shape index (κ1) is 28.6. The normalized spacial score (nSPS) is 12.0. The summed E-state index contributed by atoms with van der Waals surface area (Å²) < 4.78 is 0. The molecule has 2 aromatic heterocycles. The van der Waals surface area contributed by atoms with E-state index in [0.717, 1.165) is 76.6 Å². The van der Waals surface area contributed by atoms with Crippen LogP contribution in [0.2, 0.25) is 0 Å². The molecule has 0 fully saturated rings. The standard InChI is InChI=1S/C34H26N4S2.Zn/c1-21(31-29(39)17-15-23-9-7-19-35-33(23)31)37-27-13-5-3-11-25(27)26-12-4-6-14-28(26)38-22(2)32-30(40)18-16-24-10-8-20-36-34(24)32;/h3-20,39-40H,1-2H3;/q;+2/p-2. The second-order valence-electron chi connectivity index (χ2n) is 9.46.